The van der Waals surface area contributed by atoms with E-state index in [1.54, 1.807) is 18.7 Å². The number of hydrogen-bond acceptors (Lipinski definition) is 8. The smallest absolute Gasteiger partial charge is 0.330 e. The van der Waals surface area contributed by atoms with Crippen molar-refractivity contribution in [2.45, 2.75) is 89.2 Å². The number of rotatable bonds is 8. The third-order valence-electron chi connectivity index (χ3n) is 8.33. The van der Waals surface area contributed by atoms with Crippen LogP contribution in [-0.2, 0) is 33.6 Å². The average molecular weight is 506 g/mol. The van der Waals surface area contributed by atoms with Gasteiger partial charge in [0.25, 0.3) is 11.8 Å². The maximum Gasteiger partial charge on any atom is 0.336 e. The molecule has 1 saturated heterocycles. The first kappa shape index (κ1) is 26.0. The molecule has 0 radical (unpaired) electrons. The van der Waals surface area contributed by atoms with E-state index in [1.165, 1.54) is 0 Å². The molecule has 3 aliphatic carbocycles. The van der Waals surface area contributed by atoms with Crippen molar-refractivity contribution in [1.82, 2.24) is 5.06 Å². The molecule has 2 unspecified atom stereocenters. The molecule has 4 rings (SSSR count). The number of ketones is 3. The van der Waals surface area contributed by atoms with Crippen LogP contribution in [0.2, 0.25) is 0 Å². The predicted molar refractivity (Wildman–Crippen MR) is 128 cm³/mol. The van der Waals surface area contributed by atoms with Crippen molar-refractivity contribution in [3.63, 3.8) is 0 Å². The first-order valence-electron chi connectivity index (χ1n) is 13.0. The zero-order chi connectivity index (χ0) is 25.1. The van der Waals surface area contributed by atoms with E-state index in [2.05, 4.69) is 0 Å². The van der Waals surface area contributed by atoms with Crippen molar-refractivity contribution in [2.75, 3.05) is 5.75 Å². The maximum atomic E-state index is 13.0. The molecule has 192 valence electrons. The second-order valence-corrected chi connectivity index (χ2v) is 12.0. The van der Waals surface area contributed by atoms with Gasteiger partial charge < -0.3 is 4.84 Å². The van der Waals surface area contributed by atoms with E-state index in [4.69, 9.17) is 4.84 Å². The van der Waals surface area contributed by atoms with Gasteiger partial charge in [0.05, 0.1) is 17.1 Å². The lowest BCUT2D eigenvalue weighted by Gasteiger charge is -2.29. The Bertz CT molecular complexity index is 870. The third kappa shape index (κ3) is 6.22. The lowest BCUT2D eigenvalue weighted by atomic mass is 9.77. The fourth-order valence-corrected chi connectivity index (χ4v) is 7.42. The SMILES string of the molecule is CC(=O)[C@H]1CC[C@H](CSC2CC(=O)C(CC3CCC(C(=O)ON4C(=O)CCC4=O)CC3)C2=O)CC1. The Hall–Kier alpha value is -2.03. The van der Waals surface area contributed by atoms with Crippen LogP contribution in [-0.4, -0.2) is 51.2 Å². The van der Waals surface area contributed by atoms with E-state index >= 15 is 0 Å². The second kappa shape index (κ2) is 11.4. The van der Waals surface area contributed by atoms with Crippen LogP contribution in [0.4, 0.5) is 0 Å². The Labute approximate surface area is 210 Å². The van der Waals surface area contributed by atoms with Crippen molar-refractivity contribution < 1.29 is 33.6 Å². The van der Waals surface area contributed by atoms with E-state index in [1.807, 2.05) is 0 Å². The van der Waals surface area contributed by atoms with Gasteiger partial charge in [-0.15, -0.1) is 16.8 Å². The molecule has 0 aromatic rings. The quantitative estimate of drug-likeness (QED) is 0.364. The number of thioether (sulfide) groups is 1. The van der Waals surface area contributed by atoms with Gasteiger partial charge in [-0.1, -0.05) is 0 Å². The highest BCUT2D eigenvalue weighted by atomic mass is 32.2. The lowest BCUT2D eigenvalue weighted by Crippen LogP contribution is -2.36. The van der Waals surface area contributed by atoms with Crippen molar-refractivity contribution in [1.29, 1.82) is 0 Å². The van der Waals surface area contributed by atoms with Crippen LogP contribution < -0.4 is 0 Å². The Morgan fingerprint density at radius 1 is 0.857 bits per heavy atom. The summed E-state index contributed by atoms with van der Waals surface area (Å²) in [6.07, 6.45) is 7.47. The molecule has 0 spiro atoms. The van der Waals surface area contributed by atoms with E-state index in [9.17, 15) is 28.8 Å². The first-order valence-corrected chi connectivity index (χ1v) is 14.0. The molecular formula is C26H35NO7S. The molecule has 0 aromatic carbocycles. The normalized spacial score (nSPS) is 33.9. The standard InChI is InChI=1S/C26H35NO7S/c1-15(28)18-6-4-17(5-7-18)14-35-22-13-21(29)20(25(22)32)12-16-2-8-19(9-3-16)26(33)34-27-23(30)10-11-24(27)31/h16-20,22H,2-14H2,1H3/t16?,17-,18-,19?,20?,22?. The molecule has 9 heteroatoms. The van der Waals surface area contributed by atoms with Crippen LogP contribution in [0.3, 0.4) is 0 Å². The highest BCUT2D eigenvalue weighted by Gasteiger charge is 2.43. The number of carbonyl (C=O) groups excluding carboxylic acids is 6. The molecule has 35 heavy (non-hydrogen) atoms. The minimum absolute atomic E-state index is 0.0420. The second-order valence-electron chi connectivity index (χ2n) is 10.7. The average Bonchev–Trinajstić information content (AvgIpc) is 3.30. The van der Waals surface area contributed by atoms with Gasteiger partial charge >= 0.3 is 5.97 Å². The topological polar surface area (TPSA) is 115 Å². The van der Waals surface area contributed by atoms with Crippen LogP contribution in [0, 0.1) is 29.6 Å². The minimum Gasteiger partial charge on any atom is -0.330 e. The van der Waals surface area contributed by atoms with Gasteiger partial charge in [0.1, 0.15) is 11.6 Å². The molecule has 1 aliphatic heterocycles. The summed E-state index contributed by atoms with van der Waals surface area (Å²) in [7, 11) is 0. The van der Waals surface area contributed by atoms with Crippen molar-refractivity contribution >= 4 is 46.9 Å². The number of hydrogen-bond donors (Lipinski definition) is 0. The summed E-state index contributed by atoms with van der Waals surface area (Å²) < 4.78 is 0. The van der Waals surface area contributed by atoms with Crippen LogP contribution >= 0.6 is 11.8 Å². The van der Waals surface area contributed by atoms with Crippen LogP contribution in [0.25, 0.3) is 0 Å². The number of carbonyl (C=O) groups is 6. The molecule has 4 aliphatic rings. The van der Waals surface area contributed by atoms with Gasteiger partial charge in [0.2, 0.25) is 0 Å². The van der Waals surface area contributed by atoms with E-state index in [-0.39, 0.29) is 53.2 Å². The van der Waals surface area contributed by atoms with Crippen LogP contribution in [0.5, 0.6) is 0 Å². The highest BCUT2D eigenvalue weighted by molar-refractivity contribution is 8.00. The maximum absolute atomic E-state index is 13.0. The van der Waals surface area contributed by atoms with Crippen LogP contribution in [0.1, 0.15) is 84.0 Å². The Balaban J connectivity index is 1.19. The molecular weight excluding hydrogens is 470 g/mol. The van der Waals surface area contributed by atoms with Gasteiger partial charge in [-0.2, -0.15) is 0 Å². The van der Waals surface area contributed by atoms with Crippen molar-refractivity contribution in [3.8, 4) is 0 Å². The summed E-state index contributed by atoms with van der Waals surface area (Å²) >= 11 is 1.62. The van der Waals surface area contributed by atoms with Gasteiger partial charge in [-0.25, -0.2) is 4.79 Å². The lowest BCUT2D eigenvalue weighted by molar-refractivity contribution is -0.201. The molecule has 8 nitrogen and oxygen atoms in total. The molecule has 4 fully saturated rings. The fourth-order valence-electron chi connectivity index (χ4n) is 5.97. The number of nitrogens with zero attached hydrogens (tertiary/aromatic N) is 1. The Morgan fingerprint density at radius 3 is 2.03 bits per heavy atom. The summed E-state index contributed by atoms with van der Waals surface area (Å²) in [4.78, 5) is 78.0. The third-order valence-corrected chi connectivity index (χ3v) is 9.79. The molecule has 2 atom stereocenters. The Kier molecular flexibility index (Phi) is 8.45. The zero-order valence-electron chi connectivity index (χ0n) is 20.4. The van der Waals surface area contributed by atoms with E-state index in [0.717, 1.165) is 44.3 Å². The van der Waals surface area contributed by atoms with Gasteiger partial charge in [-0.05, 0) is 82.3 Å². The summed E-state index contributed by atoms with van der Waals surface area (Å²) in [6, 6.07) is 0. The molecule has 2 amide bonds. The fraction of sp³-hybridized carbons (Fsp3) is 0.769. The molecule has 0 N–H and O–H groups in total. The molecule has 3 saturated carbocycles. The number of imide groups is 1. The van der Waals surface area contributed by atoms with E-state index in [0.29, 0.717) is 36.7 Å². The largest absolute Gasteiger partial charge is 0.336 e. The van der Waals surface area contributed by atoms with Gasteiger partial charge in [0.15, 0.2) is 5.78 Å². The zero-order valence-corrected chi connectivity index (χ0v) is 21.2. The van der Waals surface area contributed by atoms with Crippen molar-refractivity contribution in [3.05, 3.63) is 0 Å². The monoisotopic (exact) mass is 505 g/mol. The van der Waals surface area contributed by atoms with Gasteiger partial charge in [-0.3, -0.25) is 24.0 Å². The number of hydroxylamine groups is 2. The minimum atomic E-state index is -0.547. The highest BCUT2D eigenvalue weighted by Crippen LogP contribution is 2.40. The number of amides is 2. The summed E-state index contributed by atoms with van der Waals surface area (Å²) in [6.45, 7) is 1.67. The predicted octanol–water partition coefficient (Wildman–Crippen LogP) is 3.45. The van der Waals surface area contributed by atoms with Gasteiger partial charge in [0, 0.05) is 25.2 Å². The summed E-state index contributed by atoms with van der Waals surface area (Å²) in [5.74, 6) is -0.252. The van der Waals surface area contributed by atoms with E-state index < -0.39 is 23.7 Å². The summed E-state index contributed by atoms with van der Waals surface area (Å²) in [5.41, 5.74) is 0. The first-order chi connectivity index (χ1) is 16.7. The summed E-state index contributed by atoms with van der Waals surface area (Å²) in [5, 5.41) is 0.344. The molecule has 0 bridgehead atoms. The molecule has 1 heterocycles. The van der Waals surface area contributed by atoms with Crippen molar-refractivity contribution in [2.24, 2.45) is 29.6 Å². The molecule has 0 aromatic heterocycles. The Morgan fingerprint density at radius 2 is 1.43 bits per heavy atom. The number of Topliss-reactive ketones (excluding diaryl/α,β-unsaturated/α-hetero) is 3. The van der Waals surface area contributed by atoms with Crippen LogP contribution in [0.15, 0.2) is 0 Å².